The molecule has 2 rings (SSSR count). The molecule has 0 unspecified atom stereocenters. The third-order valence-corrected chi connectivity index (χ3v) is 7.00. The summed E-state index contributed by atoms with van der Waals surface area (Å²) in [5, 5.41) is 0. The third kappa shape index (κ3) is 14.7. The van der Waals surface area contributed by atoms with Gasteiger partial charge in [0.2, 0.25) is 0 Å². The van der Waals surface area contributed by atoms with E-state index in [0.29, 0.717) is 19.3 Å². The van der Waals surface area contributed by atoms with Crippen molar-refractivity contribution in [2.75, 3.05) is 0 Å². The second-order valence-electron chi connectivity index (χ2n) is 18.5. The fraction of sp³-hybridized carbons (Fsp3) is 0.600. The number of benzene rings is 2. The Kier molecular flexibility index (Phi) is 13.4. The second kappa shape index (κ2) is 15.7. The highest BCUT2D eigenvalue weighted by Crippen LogP contribution is 2.32. The molecule has 0 aliphatic rings. The van der Waals surface area contributed by atoms with Gasteiger partial charge >= 0.3 is 17.9 Å². The zero-order chi connectivity index (χ0) is 38.5. The fourth-order valence-electron chi connectivity index (χ4n) is 6.47. The van der Waals surface area contributed by atoms with Crippen molar-refractivity contribution in [2.45, 2.75) is 140 Å². The van der Waals surface area contributed by atoms with Gasteiger partial charge in [-0.2, -0.15) is 14.7 Å². The molecule has 0 amide bonds. The van der Waals surface area contributed by atoms with Crippen molar-refractivity contribution < 1.29 is 48.5 Å². The van der Waals surface area contributed by atoms with Crippen LogP contribution in [0.1, 0.15) is 170 Å². The smallest absolute Gasteiger partial charge is 0.292 e. The van der Waals surface area contributed by atoms with Crippen molar-refractivity contribution in [2.24, 2.45) is 16.2 Å². The van der Waals surface area contributed by atoms with Crippen LogP contribution in [0, 0.1) is 16.2 Å². The first-order valence-corrected chi connectivity index (χ1v) is 17.0. The lowest BCUT2D eigenvalue weighted by molar-refractivity contribution is -0.313. The zero-order valence-electron chi connectivity index (χ0n) is 32.7. The summed E-state index contributed by atoms with van der Waals surface area (Å²) in [7, 11) is 0. The lowest BCUT2D eigenvalue weighted by Gasteiger charge is -2.30. The van der Waals surface area contributed by atoms with E-state index in [4.69, 9.17) is 29.3 Å². The van der Waals surface area contributed by atoms with Crippen LogP contribution < -0.4 is 0 Å². The topological polar surface area (TPSA) is 124 Å². The van der Waals surface area contributed by atoms with Crippen LogP contribution in [-0.2, 0) is 29.3 Å². The maximum Gasteiger partial charge on any atom is 0.374 e. The van der Waals surface area contributed by atoms with E-state index in [0.717, 1.165) is 0 Å². The first-order valence-electron chi connectivity index (χ1n) is 17.0. The Morgan fingerprint density at radius 3 is 1.12 bits per heavy atom. The standard InChI is InChI=1S/C40H58O10/c1-35(2,3)23-38(10,11)48-45-32(42)27-18-16-26(17-19-27)31(41)28-20-21-29(33(43)46-49-39(12,13)24-36(4,5)6)30(22-28)34(44)47-50-40(14,15)25-37(7,8)9/h16-22H,23-25H2,1-15H3. The van der Waals surface area contributed by atoms with E-state index >= 15 is 0 Å². The Morgan fingerprint density at radius 1 is 0.420 bits per heavy atom. The molecule has 0 atom stereocenters. The van der Waals surface area contributed by atoms with Gasteiger partial charge in [-0.15, -0.1) is 0 Å². The minimum absolute atomic E-state index is 0.0420. The summed E-state index contributed by atoms with van der Waals surface area (Å²) < 4.78 is 0. The van der Waals surface area contributed by atoms with Gasteiger partial charge in [0.1, 0.15) is 16.8 Å². The molecule has 10 nitrogen and oxygen atoms in total. The van der Waals surface area contributed by atoms with Crippen LogP contribution in [0.2, 0.25) is 0 Å². The Bertz CT molecular complexity index is 1510. The molecule has 2 aromatic rings. The molecule has 0 N–H and O–H groups in total. The van der Waals surface area contributed by atoms with Crippen LogP contribution in [0.25, 0.3) is 0 Å². The number of hydrogen-bond acceptors (Lipinski definition) is 10. The molecule has 0 saturated carbocycles. The average Bonchev–Trinajstić information content (AvgIpc) is 2.93. The van der Waals surface area contributed by atoms with Crippen LogP contribution in [-0.4, -0.2) is 40.5 Å². The maximum atomic E-state index is 13.6. The van der Waals surface area contributed by atoms with Gasteiger partial charge in [0.15, 0.2) is 5.78 Å². The predicted molar refractivity (Wildman–Crippen MR) is 190 cm³/mol. The fourth-order valence-corrected chi connectivity index (χ4v) is 6.47. The molecule has 0 bridgehead atoms. The lowest BCUT2D eigenvalue weighted by Crippen LogP contribution is -2.32. The number of ketones is 1. The van der Waals surface area contributed by atoms with E-state index in [-0.39, 0.29) is 44.1 Å². The SMILES string of the molecule is CC(C)(C)CC(C)(C)OOC(=O)c1ccc(C(=O)c2ccc(C(=O)OOC(C)(C)CC(C)(C)C)c(C(=O)OOC(C)(C)CC(C)(C)C)c2)cc1. The van der Waals surface area contributed by atoms with Gasteiger partial charge in [-0.25, -0.2) is 14.4 Å². The maximum absolute atomic E-state index is 13.6. The molecule has 0 radical (unpaired) electrons. The minimum Gasteiger partial charge on any atom is -0.292 e. The molecule has 0 aliphatic carbocycles. The van der Waals surface area contributed by atoms with Crippen LogP contribution in [0.3, 0.4) is 0 Å². The molecule has 0 fully saturated rings. The van der Waals surface area contributed by atoms with E-state index in [1.54, 1.807) is 27.7 Å². The van der Waals surface area contributed by atoms with Gasteiger partial charge in [0, 0.05) is 11.1 Å². The van der Waals surface area contributed by atoms with Gasteiger partial charge in [0.25, 0.3) is 0 Å². The van der Waals surface area contributed by atoms with E-state index < -0.39 is 40.5 Å². The molecule has 278 valence electrons. The highest BCUT2D eigenvalue weighted by Gasteiger charge is 2.33. The van der Waals surface area contributed by atoms with Crippen molar-refractivity contribution in [3.8, 4) is 0 Å². The van der Waals surface area contributed by atoms with Crippen molar-refractivity contribution >= 4 is 23.7 Å². The third-order valence-electron chi connectivity index (χ3n) is 7.00. The van der Waals surface area contributed by atoms with E-state index in [2.05, 4.69) is 20.8 Å². The lowest BCUT2D eigenvalue weighted by atomic mass is 9.84. The largest absolute Gasteiger partial charge is 0.374 e. The molecule has 0 aromatic heterocycles. The molecule has 0 spiro atoms. The van der Waals surface area contributed by atoms with Crippen molar-refractivity contribution in [1.29, 1.82) is 0 Å². The molecule has 10 heteroatoms. The van der Waals surface area contributed by atoms with Crippen LogP contribution in [0.4, 0.5) is 0 Å². The molecule has 0 aliphatic heterocycles. The highest BCUT2D eigenvalue weighted by molar-refractivity contribution is 6.12. The van der Waals surface area contributed by atoms with Crippen LogP contribution >= 0.6 is 0 Å². The monoisotopic (exact) mass is 698 g/mol. The van der Waals surface area contributed by atoms with Crippen molar-refractivity contribution in [3.63, 3.8) is 0 Å². The van der Waals surface area contributed by atoms with Crippen molar-refractivity contribution in [1.82, 2.24) is 0 Å². The Morgan fingerprint density at radius 2 is 0.740 bits per heavy atom. The average molecular weight is 699 g/mol. The van der Waals surface area contributed by atoms with E-state index in [1.165, 1.54) is 42.5 Å². The molecular formula is C40H58O10. The number of carbonyl (C=O) groups excluding carboxylic acids is 4. The molecular weight excluding hydrogens is 640 g/mol. The zero-order valence-corrected chi connectivity index (χ0v) is 32.7. The van der Waals surface area contributed by atoms with Gasteiger partial charge in [-0.3, -0.25) is 19.5 Å². The highest BCUT2D eigenvalue weighted by atomic mass is 17.2. The summed E-state index contributed by atoms with van der Waals surface area (Å²) in [6.45, 7) is 29.2. The van der Waals surface area contributed by atoms with Gasteiger partial charge < -0.3 is 0 Å². The Labute approximate surface area is 298 Å². The first-order chi connectivity index (χ1) is 22.5. The number of rotatable bonds is 14. The molecule has 0 heterocycles. The summed E-state index contributed by atoms with van der Waals surface area (Å²) in [5.74, 6) is -3.11. The molecule has 0 saturated heterocycles. The summed E-state index contributed by atoms with van der Waals surface area (Å²) in [4.78, 5) is 85.0. The first kappa shape index (κ1) is 42.6. The molecule has 50 heavy (non-hydrogen) atoms. The van der Waals surface area contributed by atoms with Crippen molar-refractivity contribution in [3.05, 3.63) is 70.3 Å². The van der Waals surface area contributed by atoms with Gasteiger partial charge in [0.05, 0.1) is 16.7 Å². The quantitative estimate of drug-likeness (QED) is 0.107. The number of carbonyl (C=O) groups is 4. The Hall–Kier alpha value is -3.60. The number of hydrogen-bond donors (Lipinski definition) is 0. The summed E-state index contributed by atoms with van der Waals surface area (Å²) in [6.07, 6.45) is 1.78. The van der Waals surface area contributed by atoms with E-state index in [1.807, 2.05) is 55.4 Å². The second-order valence-corrected chi connectivity index (χ2v) is 18.5. The van der Waals surface area contributed by atoms with Crippen LogP contribution in [0.15, 0.2) is 42.5 Å². The minimum atomic E-state index is -0.991. The van der Waals surface area contributed by atoms with E-state index in [9.17, 15) is 19.2 Å². The summed E-state index contributed by atoms with van der Waals surface area (Å²) in [5.41, 5.74) is -2.60. The van der Waals surface area contributed by atoms with Crippen LogP contribution in [0.5, 0.6) is 0 Å². The van der Waals surface area contributed by atoms with Gasteiger partial charge in [-0.05, 0) is 101 Å². The van der Waals surface area contributed by atoms with Gasteiger partial charge in [-0.1, -0.05) is 80.5 Å². The summed E-state index contributed by atoms with van der Waals surface area (Å²) in [6, 6.07) is 9.75. The Balaban J connectivity index is 2.35. The normalized spacial score (nSPS) is 13.1. The summed E-state index contributed by atoms with van der Waals surface area (Å²) >= 11 is 0. The molecule has 2 aromatic carbocycles. The predicted octanol–water partition coefficient (Wildman–Crippen LogP) is 9.83.